The number of benzene rings is 2. The molecule has 0 fully saturated rings. The van der Waals surface area contributed by atoms with Crippen LogP contribution in [0.15, 0.2) is 48.5 Å². The van der Waals surface area contributed by atoms with E-state index in [0.717, 1.165) is 25.0 Å². The molecule has 2 aromatic rings. The highest BCUT2D eigenvalue weighted by Gasteiger charge is 2.26. The number of rotatable bonds is 8. The van der Waals surface area contributed by atoms with Gasteiger partial charge in [-0.3, -0.25) is 4.79 Å². The smallest absolute Gasteiger partial charge is 0.261 e. The number of hydrogen-bond donors (Lipinski definition) is 1. The van der Waals surface area contributed by atoms with Gasteiger partial charge in [-0.2, -0.15) is 0 Å². The van der Waals surface area contributed by atoms with Crippen LogP contribution in [0.4, 0.5) is 0 Å². The molecule has 3 heteroatoms. The van der Waals surface area contributed by atoms with E-state index in [1.54, 1.807) is 0 Å². The van der Waals surface area contributed by atoms with Crippen molar-refractivity contribution in [3.8, 4) is 5.75 Å². The summed E-state index contributed by atoms with van der Waals surface area (Å²) in [4.78, 5) is 12.9. The van der Waals surface area contributed by atoms with Gasteiger partial charge in [-0.1, -0.05) is 57.2 Å². The van der Waals surface area contributed by atoms with E-state index in [1.165, 1.54) is 29.5 Å². The SMILES string of the molecule is CC[C@@H](Oc1ccc2c(c1)CCCC2)C(=O)N[C@@H](C)CC(C)(C)c1ccccc1. The standard InChI is InChI=1S/C26H35NO2/c1-5-24(29-23-16-15-20-11-9-10-12-21(20)17-23)25(28)27-19(2)18-26(3,4)22-13-7-6-8-14-22/h6-8,13-17,19,24H,5,9-12,18H2,1-4H3,(H,27,28)/t19-,24+/m0/s1. The van der Waals surface area contributed by atoms with E-state index in [2.05, 4.69) is 62.5 Å². The first kappa shape index (κ1) is 21.4. The Labute approximate surface area is 175 Å². The van der Waals surface area contributed by atoms with E-state index in [-0.39, 0.29) is 17.4 Å². The molecule has 0 saturated carbocycles. The van der Waals surface area contributed by atoms with Gasteiger partial charge in [0.25, 0.3) is 5.91 Å². The van der Waals surface area contributed by atoms with Gasteiger partial charge in [-0.05, 0) is 79.7 Å². The molecule has 29 heavy (non-hydrogen) atoms. The molecule has 156 valence electrons. The van der Waals surface area contributed by atoms with Crippen molar-refractivity contribution >= 4 is 5.91 Å². The summed E-state index contributed by atoms with van der Waals surface area (Å²) in [6.45, 7) is 8.53. The number of amides is 1. The van der Waals surface area contributed by atoms with Gasteiger partial charge in [-0.25, -0.2) is 0 Å². The van der Waals surface area contributed by atoms with E-state index < -0.39 is 6.10 Å². The molecule has 2 atom stereocenters. The van der Waals surface area contributed by atoms with Gasteiger partial charge in [0, 0.05) is 6.04 Å². The second kappa shape index (κ2) is 9.47. The Hall–Kier alpha value is -2.29. The van der Waals surface area contributed by atoms with Crippen LogP contribution in [0.3, 0.4) is 0 Å². The van der Waals surface area contributed by atoms with Crippen molar-refractivity contribution in [1.82, 2.24) is 5.32 Å². The minimum absolute atomic E-state index is 0.00494. The molecule has 0 heterocycles. The molecule has 0 unspecified atom stereocenters. The normalized spacial score (nSPS) is 15.9. The zero-order chi connectivity index (χ0) is 20.9. The number of nitrogens with one attached hydrogen (secondary N) is 1. The van der Waals surface area contributed by atoms with Crippen LogP contribution in [0.2, 0.25) is 0 Å². The zero-order valence-corrected chi connectivity index (χ0v) is 18.3. The topological polar surface area (TPSA) is 38.3 Å². The lowest BCUT2D eigenvalue weighted by molar-refractivity contribution is -0.128. The highest BCUT2D eigenvalue weighted by atomic mass is 16.5. The molecule has 0 radical (unpaired) electrons. The summed E-state index contributed by atoms with van der Waals surface area (Å²) >= 11 is 0. The van der Waals surface area contributed by atoms with E-state index in [1.807, 2.05) is 19.1 Å². The van der Waals surface area contributed by atoms with Crippen LogP contribution in [0, 0.1) is 0 Å². The Morgan fingerprint density at radius 2 is 1.76 bits per heavy atom. The van der Waals surface area contributed by atoms with E-state index >= 15 is 0 Å². The second-order valence-corrected chi connectivity index (χ2v) is 9.02. The molecule has 2 aromatic carbocycles. The quantitative estimate of drug-likeness (QED) is 0.634. The molecule has 3 nitrogen and oxygen atoms in total. The first-order chi connectivity index (χ1) is 13.9. The molecular formula is C26H35NO2. The summed E-state index contributed by atoms with van der Waals surface area (Å²) in [7, 11) is 0. The summed E-state index contributed by atoms with van der Waals surface area (Å²) < 4.78 is 6.10. The summed E-state index contributed by atoms with van der Waals surface area (Å²) in [6.07, 6.45) is 5.84. The number of ether oxygens (including phenoxy) is 1. The molecule has 0 spiro atoms. The fraction of sp³-hybridized carbons (Fsp3) is 0.500. The Bertz CT molecular complexity index is 813. The van der Waals surface area contributed by atoms with Gasteiger partial charge < -0.3 is 10.1 Å². The average molecular weight is 394 g/mol. The van der Waals surface area contributed by atoms with Crippen molar-refractivity contribution in [3.05, 3.63) is 65.2 Å². The monoisotopic (exact) mass is 393 g/mol. The Balaban J connectivity index is 1.59. The summed E-state index contributed by atoms with van der Waals surface area (Å²) in [5.41, 5.74) is 4.09. The van der Waals surface area contributed by atoms with Crippen LogP contribution in [-0.4, -0.2) is 18.1 Å². The number of fused-ring (bicyclic) bond motifs is 1. The molecule has 1 N–H and O–H groups in total. The summed E-state index contributed by atoms with van der Waals surface area (Å²) in [6, 6.07) is 16.9. The maximum Gasteiger partial charge on any atom is 0.261 e. The van der Waals surface area contributed by atoms with Crippen molar-refractivity contribution in [1.29, 1.82) is 0 Å². The lowest BCUT2D eigenvalue weighted by atomic mass is 9.79. The third-order valence-corrected chi connectivity index (χ3v) is 6.02. The van der Waals surface area contributed by atoms with Crippen molar-refractivity contribution < 1.29 is 9.53 Å². The number of carbonyl (C=O) groups is 1. The molecule has 3 rings (SSSR count). The second-order valence-electron chi connectivity index (χ2n) is 9.02. The van der Waals surface area contributed by atoms with E-state index in [0.29, 0.717) is 6.42 Å². The van der Waals surface area contributed by atoms with Crippen LogP contribution in [-0.2, 0) is 23.1 Å². The van der Waals surface area contributed by atoms with E-state index in [9.17, 15) is 4.79 Å². The Morgan fingerprint density at radius 3 is 2.45 bits per heavy atom. The third kappa shape index (κ3) is 5.62. The summed E-state index contributed by atoms with van der Waals surface area (Å²) in [5, 5.41) is 3.18. The fourth-order valence-electron chi connectivity index (χ4n) is 4.43. The first-order valence-electron chi connectivity index (χ1n) is 11.0. The van der Waals surface area contributed by atoms with Crippen molar-refractivity contribution in [2.24, 2.45) is 0 Å². The molecule has 0 bridgehead atoms. The van der Waals surface area contributed by atoms with Gasteiger partial charge in [0.05, 0.1) is 0 Å². The van der Waals surface area contributed by atoms with Crippen molar-refractivity contribution in [2.75, 3.05) is 0 Å². The van der Waals surface area contributed by atoms with Crippen molar-refractivity contribution in [2.45, 2.75) is 83.8 Å². The van der Waals surface area contributed by atoms with Gasteiger partial charge in [-0.15, -0.1) is 0 Å². The number of aryl methyl sites for hydroxylation is 2. The fourth-order valence-corrected chi connectivity index (χ4v) is 4.43. The van der Waals surface area contributed by atoms with Crippen LogP contribution in [0.1, 0.15) is 70.1 Å². The molecule has 1 aliphatic carbocycles. The largest absolute Gasteiger partial charge is 0.481 e. The van der Waals surface area contributed by atoms with Gasteiger partial charge >= 0.3 is 0 Å². The minimum Gasteiger partial charge on any atom is -0.481 e. The molecule has 0 aromatic heterocycles. The number of carbonyl (C=O) groups excluding carboxylic acids is 1. The molecular weight excluding hydrogens is 358 g/mol. The summed E-state index contributed by atoms with van der Waals surface area (Å²) in [5.74, 6) is 0.784. The van der Waals surface area contributed by atoms with Crippen molar-refractivity contribution in [3.63, 3.8) is 0 Å². The highest BCUT2D eigenvalue weighted by molar-refractivity contribution is 5.81. The van der Waals surface area contributed by atoms with Crippen LogP contribution in [0.25, 0.3) is 0 Å². The molecule has 0 saturated heterocycles. The lowest BCUT2D eigenvalue weighted by Gasteiger charge is -2.30. The first-order valence-corrected chi connectivity index (χ1v) is 11.0. The minimum atomic E-state index is -0.459. The number of hydrogen-bond acceptors (Lipinski definition) is 2. The van der Waals surface area contributed by atoms with Crippen LogP contribution in [0.5, 0.6) is 5.75 Å². The van der Waals surface area contributed by atoms with Gasteiger partial charge in [0.15, 0.2) is 6.10 Å². The molecule has 1 amide bonds. The zero-order valence-electron chi connectivity index (χ0n) is 18.3. The third-order valence-electron chi connectivity index (χ3n) is 6.02. The Morgan fingerprint density at radius 1 is 1.07 bits per heavy atom. The van der Waals surface area contributed by atoms with Gasteiger partial charge in [0.2, 0.25) is 0 Å². The predicted molar refractivity (Wildman–Crippen MR) is 119 cm³/mol. The molecule has 1 aliphatic rings. The maximum absolute atomic E-state index is 12.9. The van der Waals surface area contributed by atoms with Crippen LogP contribution < -0.4 is 10.1 Å². The predicted octanol–water partition coefficient (Wildman–Crippen LogP) is 5.60. The Kier molecular flexibility index (Phi) is 7.00. The highest BCUT2D eigenvalue weighted by Crippen LogP contribution is 2.29. The van der Waals surface area contributed by atoms with Gasteiger partial charge in [0.1, 0.15) is 5.75 Å². The van der Waals surface area contributed by atoms with E-state index in [4.69, 9.17) is 4.74 Å². The average Bonchev–Trinajstić information content (AvgIpc) is 2.72. The van der Waals surface area contributed by atoms with Crippen LogP contribution >= 0.6 is 0 Å². The molecule has 0 aliphatic heterocycles. The lowest BCUT2D eigenvalue weighted by Crippen LogP contribution is -2.44. The maximum atomic E-state index is 12.9.